The van der Waals surface area contributed by atoms with Crippen molar-refractivity contribution in [3.05, 3.63) is 20.7 Å². The maximum Gasteiger partial charge on any atom is 0.307 e. The lowest BCUT2D eigenvalue weighted by atomic mass is 9.99. The van der Waals surface area contributed by atoms with Gasteiger partial charge in [-0.05, 0) is 32.7 Å². The van der Waals surface area contributed by atoms with Crippen LogP contribution >= 0.6 is 11.3 Å². The number of amides is 1. The molecule has 0 aromatic carbocycles. The van der Waals surface area contributed by atoms with Crippen LogP contribution < -0.4 is 10.2 Å². The van der Waals surface area contributed by atoms with E-state index >= 15 is 0 Å². The predicted molar refractivity (Wildman–Crippen MR) is 83.7 cm³/mol. The van der Waals surface area contributed by atoms with Crippen molar-refractivity contribution < 1.29 is 4.79 Å². The van der Waals surface area contributed by atoms with E-state index in [1.165, 1.54) is 37.1 Å². The van der Waals surface area contributed by atoms with Crippen LogP contribution in [0, 0.1) is 6.92 Å². The number of fused-ring (bicyclic) bond motifs is 1. The smallest absolute Gasteiger partial charge is 0.307 e. The lowest BCUT2D eigenvalue weighted by Crippen LogP contribution is -2.47. The summed E-state index contributed by atoms with van der Waals surface area (Å²) in [4.78, 5) is 26.3. The van der Waals surface area contributed by atoms with E-state index < -0.39 is 0 Å². The van der Waals surface area contributed by atoms with Crippen LogP contribution in [0.15, 0.2) is 10.2 Å². The zero-order valence-electron chi connectivity index (χ0n) is 12.5. The molecule has 2 fully saturated rings. The molecule has 0 bridgehead atoms. The second kappa shape index (κ2) is 6.32. The fourth-order valence-electron chi connectivity index (χ4n) is 3.58. The lowest BCUT2D eigenvalue weighted by molar-refractivity contribution is -0.122. The van der Waals surface area contributed by atoms with Crippen molar-refractivity contribution in [2.24, 2.45) is 0 Å². The Morgan fingerprint density at radius 2 is 2.24 bits per heavy atom. The monoisotopic (exact) mass is 309 g/mol. The van der Waals surface area contributed by atoms with Crippen LogP contribution in [0.25, 0.3) is 0 Å². The van der Waals surface area contributed by atoms with E-state index in [-0.39, 0.29) is 10.8 Å². The van der Waals surface area contributed by atoms with Crippen LogP contribution in [-0.4, -0.2) is 40.5 Å². The fraction of sp³-hybridized carbons (Fsp3) is 0.733. The first-order valence-electron chi connectivity index (χ1n) is 7.83. The van der Waals surface area contributed by atoms with E-state index in [0.29, 0.717) is 25.0 Å². The van der Waals surface area contributed by atoms with Crippen LogP contribution in [0.3, 0.4) is 0 Å². The minimum absolute atomic E-state index is 0.0274. The largest absolute Gasteiger partial charge is 0.352 e. The quantitative estimate of drug-likeness (QED) is 0.913. The molecule has 2 aliphatic heterocycles. The summed E-state index contributed by atoms with van der Waals surface area (Å²) in [6, 6.07) is 0.839. The summed E-state index contributed by atoms with van der Waals surface area (Å²) in [7, 11) is 0. The van der Waals surface area contributed by atoms with Crippen molar-refractivity contribution in [3.8, 4) is 0 Å². The van der Waals surface area contributed by atoms with Gasteiger partial charge in [-0.1, -0.05) is 17.8 Å². The van der Waals surface area contributed by atoms with Crippen molar-refractivity contribution in [1.29, 1.82) is 0 Å². The van der Waals surface area contributed by atoms with E-state index in [4.69, 9.17) is 0 Å². The second-order valence-corrected chi connectivity index (χ2v) is 6.93. The summed E-state index contributed by atoms with van der Waals surface area (Å²) in [6.07, 6.45) is 5.22. The molecular weight excluding hydrogens is 286 g/mol. The van der Waals surface area contributed by atoms with E-state index in [2.05, 4.69) is 10.2 Å². The molecule has 1 amide bonds. The van der Waals surface area contributed by atoms with Crippen LogP contribution in [0.2, 0.25) is 0 Å². The zero-order valence-corrected chi connectivity index (χ0v) is 13.3. The van der Waals surface area contributed by atoms with E-state index in [1.54, 1.807) is 4.57 Å². The second-order valence-electron chi connectivity index (χ2n) is 6.11. The molecule has 21 heavy (non-hydrogen) atoms. The molecule has 2 saturated heterocycles. The average Bonchev–Trinajstić information content (AvgIpc) is 3.02. The molecule has 2 aliphatic rings. The van der Waals surface area contributed by atoms with Gasteiger partial charge in [-0.2, -0.15) is 0 Å². The highest BCUT2D eigenvalue weighted by Gasteiger charge is 2.35. The van der Waals surface area contributed by atoms with Crippen LogP contribution in [0.5, 0.6) is 0 Å². The highest BCUT2D eigenvalue weighted by Crippen LogP contribution is 2.27. The van der Waals surface area contributed by atoms with Gasteiger partial charge in [-0.15, -0.1) is 0 Å². The van der Waals surface area contributed by atoms with Crippen LogP contribution in [0.1, 0.15) is 37.8 Å². The number of aryl methyl sites for hydroxylation is 1. The molecule has 3 heterocycles. The number of carbonyl (C=O) groups excluding carboxylic acids is 1. The van der Waals surface area contributed by atoms with Gasteiger partial charge in [0.15, 0.2) is 0 Å². The van der Waals surface area contributed by atoms with Gasteiger partial charge < -0.3 is 9.88 Å². The molecule has 0 saturated carbocycles. The minimum Gasteiger partial charge on any atom is -0.352 e. The van der Waals surface area contributed by atoms with Gasteiger partial charge in [0.1, 0.15) is 0 Å². The number of nitrogens with zero attached hydrogens (tertiary/aromatic N) is 2. The molecular formula is C15H23N3O2S. The molecule has 1 N–H and O–H groups in total. The topological polar surface area (TPSA) is 54.3 Å². The number of aromatic nitrogens is 1. The lowest BCUT2D eigenvalue weighted by Gasteiger charge is -2.32. The molecule has 116 valence electrons. The third-order valence-electron chi connectivity index (χ3n) is 4.74. The van der Waals surface area contributed by atoms with Gasteiger partial charge in [0.05, 0.1) is 0 Å². The van der Waals surface area contributed by atoms with Gasteiger partial charge in [-0.25, -0.2) is 0 Å². The predicted octanol–water partition coefficient (Wildman–Crippen LogP) is 1.35. The van der Waals surface area contributed by atoms with Crippen molar-refractivity contribution in [1.82, 2.24) is 14.8 Å². The summed E-state index contributed by atoms with van der Waals surface area (Å²) in [6.45, 7) is 4.69. The Bertz CT molecular complexity index is 566. The first-order chi connectivity index (χ1) is 10.1. The fourth-order valence-corrected chi connectivity index (χ4v) is 4.34. The summed E-state index contributed by atoms with van der Waals surface area (Å²) in [5.41, 5.74) is 0.942. The summed E-state index contributed by atoms with van der Waals surface area (Å²) >= 11 is 1.20. The number of hydrogen-bond donors (Lipinski definition) is 1. The molecule has 3 rings (SSSR count). The Morgan fingerprint density at radius 3 is 3.00 bits per heavy atom. The summed E-state index contributed by atoms with van der Waals surface area (Å²) in [5.74, 6) is 0.0740. The number of carbonyl (C=O) groups is 1. The minimum atomic E-state index is 0.0274. The Labute approximate surface area is 129 Å². The Hall–Kier alpha value is -1.14. The molecule has 1 aromatic rings. The highest BCUT2D eigenvalue weighted by atomic mass is 32.1. The van der Waals surface area contributed by atoms with Gasteiger partial charge >= 0.3 is 4.87 Å². The van der Waals surface area contributed by atoms with Crippen LogP contribution in [0.4, 0.5) is 0 Å². The molecule has 0 spiro atoms. The average molecular weight is 309 g/mol. The number of rotatable bonds is 4. The first kappa shape index (κ1) is 14.8. The maximum atomic E-state index is 12.1. The molecule has 0 aliphatic carbocycles. The van der Waals surface area contributed by atoms with E-state index in [0.717, 1.165) is 18.7 Å². The molecule has 0 radical (unpaired) electrons. The Morgan fingerprint density at radius 1 is 1.38 bits per heavy atom. The highest BCUT2D eigenvalue weighted by molar-refractivity contribution is 7.07. The third kappa shape index (κ3) is 3.21. The summed E-state index contributed by atoms with van der Waals surface area (Å²) in [5, 5.41) is 5.03. The van der Waals surface area contributed by atoms with Crippen molar-refractivity contribution in [2.75, 3.05) is 13.1 Å². The Balaban J connectivity index is 1.51. The first-order valence-corrected chi connectivity index (χ1v) is 8.71. The molecule has 2 atom stereocenters. The van der Waals surface area contributed by atoms with Gasteiger partial charge in [-0.3, -0.25) is 14.5 Å². The van der Waals surface area contributed by atoms with Crippen molar-refractivity contribution >= 4 is 17.2 Å². The molecule has 5 nitrogen and oxygen atoms in total. The molecule has 1 aromatic heterocycles. The summed E-state index contributed by atoms with van der Waals surface area (Å²) < 4.78 is 1.69. The maximum absolute atomic E-state index is 12.1. The zero-order chi connectivity index (χ0) is 14.8. The van der Waals surface area contributed by atoms with Crippen molar-refractivity contribution in [3.63, 3.8) is 0 Å². The standard InChI is InChI=1S/C15H23N3O2S/c1-11-10-21-15(20)18(11)9-6-14(19)16-12-5-8-17-7-3-2-4-13(12)17/h10,12-13H,2-9H2,1H3,(H,16,19)/t12-,13+/m0/s1. The van der Waals surface area contributed by atoms with Gasteiger partial charge in [0, 0.05) is 42.7 Å². The van der Waals surface area contributed by atoms with E-state index in [1.807, 2.05) is 12.3 Å². The molecule has 6 heteroatoms. The van der Waals surface area contributed by atoms with Crippen molar-refractivity contribution in [2.45, 2.75) is 57.7 Å². The number of hydrogen-bond acceptors (Lipinski definition) is 4. The molecule has 0 unspecified atom stereocenters. The Kier molecular flexibility index (Phi) is 4.45. The number of nitrogens with one attached hydrogen (secondary N) is 1. The van der Waals surface area contributed by atoms with E-state index in [9.17, 15) is 9.59 Å². The van der Waals surface area contributed by atoms with Gasteiger partial charge in [0.2, 0.25) is 5.91 Å². The van der Waals surface area contributed by atoms with Gasteiger partial charge in [0.25, 0.3) is 0 Å². The third-order valence-corrected chi connectivity index (χ3v) is 5.62. The van der Waals surface area contributed by atoms with Crippen LogP contribution in [-0.2, 0) is 11.3 Å². The number of thiazole rings is 1. The number of piperidine rings is 1. The SMILES string of the molecule is Cc1csc(=O)n1CCC(=O)N[C@H]1CCN2CCCC[C@H]12. The normalized spacial score (nSPS) is 25.8.